The molecule has 2 aromatic carbocycles. The molecule has 0 N–H and O–H groups in total. The van der Waals surface area contributed by atoms with Crippen LogP contribution in [0.25, 0.3) is 12.2 Å². The Morgan fingerprint density at radius 2 is 1.06 bits per heavy atom. The molecule has 1 aliphatic heterocycles. The van der Waals surface area contributed by atoms with E-state index in [9.17, 15) is 0 Å². The van der Waals surface area contributed by atoms with Crippen molar-refractivity contribution in [2.75, 3.05) is 0 Å². The van der Waals surface area contributed by atoms with Gasteiger partial charge in [-0.1, -0.05) is 0 Å². The molecule has 0 saturated carbocycles. The summed E-state index contributed by atoms with van der Waals surface area (Å²) in [6, 6.07) is 14.9. The Morgan fingerprint density at radius 3 is 1.42 bits per heavy atom. The third-order valence-electron chi connectivity index (χ3n) is 10.3. The van der Waals surface area contributed by atoms with Gasteiger partial charge in [0.25, 0.3) is 0 Å². The molecule has 2 aromatic rings. The third-order valence-corrected chi connectivity index (χ3v) is 246. The molecular weight excluding hydrogens is 679 g/mol. The number of hydrogen-bond acceptors (Lipinski definition) is 0. The van der Waals surface area contributed by atoms with Gasteiger partial charge in [-0.2, -0.15) is 0 Å². The van der Waals surface area contributed by atoms with Gasteiger partial charge in [0.15, 0.2) is 0 Å². The van der Waals surface area contributed by atoms with Crippen LogP contribution >= 0.6 is 0 Å². The van der Waals surface area contributed by atoms with E-state index in [2.05, 4.69) is 113 Å². The monoisotopic (exact) mass is 728 g/mol. The van der Waals surface area contributed by atoms with E-state index in [4.69, 9.17) is 0 Å². The standard InChI is InChI=1S/2C14H17.2CH3.Hf.H8Si5/c2*1-10-8-11-6-5-7-13(12(11)9-10)14(2,3)4;;;;1-2-4-5-3-1/h2*5-9H,1-4H3;2*1H3;;1-4H2. The van der Waals surface area contributed by atoms with Gasteiger partial charge < -0.3 is 0 Å². The molecule has 0 amide bonds. The van der Waals surface area contributed by atoms with E-state index < -0.39 is 17.1 Å². The fourth-order valence-corrected chi connectivity index (χ4v) is 507. The molecule has 0 radical (unpaired) electrons. The number of fused-ring (bicyclic) bond motifs is 2. The predicted molar refractivity (Wildman–Crippen MR) is 175 cm³/mol. The van der Waals surface area contributed by atoms with E-state index in [0.29, 0.717) is 34.2 Å². The summed E-state index contributed by atoms with van der Waals surface area (Å²) in [6.45, 7) is 19.6. The summed E-state index contributed by atoms with van der Waals surface area (Å²) >= 11 is -3.51. The molecule has 0 bridgehead atoms. The van der Waals surface area contributed by atoms with Crippen LogP contribution in [0, 0.1) is 0 Å². The molecule has 2 atom stereocenters. The van der Waals surface area contributed by atoms with Gasteiger partial charge >= 0.3 is 232 Å². The molecule has 3 aliphatic rings. The van der Waals surface area contributed by atoms with E-state index in [1.807, 2.05) is 0 Å². The van der Waals surface area contributed by atoms with Crippen molar-refractivity contribution < 1.29 is 17.1 Å². The van der Waals surface area contributed by atoms with E-state index in [0.717, 1.165) is 7.35 Å². The minimum absolute atomic E-state index is 0.0182. The first-order valence-corrected chi connectivity index (χ1v) is 49.2. The summed E-state index contributed by atoms with van der Waals surface area (Å²) in [6.07, 6.45) is 5.36. The Balaban J connectivity index is 1.84. The van der Waals surface area contributed by atoms with Crippen LogP contribution in [0.1, 0.15) is 96.1 Å². The van der Waals surface area contributed by atoms with E-state index in [1.54, 1.807) is 44.5 Å². The van der Waals surface area contributed by atoms with Crippen LogP contribution < -0.4 is 0 Å². The topological polar surface area (TPSA) is 0 Å². The molecule has 0 spiro atoms. The van der Waals surface area contributed by atoms with Crippen molar-refractivity contribution in [1.82, 2.24) is 0 Å². The second kappa shape index (κ2) is 8.95. The second-order valence-electron chi connectivity index (χ2n) is 15.2. The Bertz CT molecular complexity index is 1290. The van der Waals surface area contributed by atoms with Crippen molar-refractivity contribution in [3.05, 3.63) is 80.9 Å². The molecule has 36 heavy (non-hydrogen) atoms. The summed E-state index contributed by atoms with van der Waals surface area (Å²) in [5.74, 6) is 0. The van der Waals surface area contributed by atoms with Crippen LogP contribution in [0.2, 0.25) is 9.36 Å². The maximum atomic E-state index is 3.07. The zero-order valence-corrected chi connectivity index (χ0v) is 34.9. The van der Waals surface area contributed by atoms with Crippen molar-refractivity contribution in [3.63, 3.8) is 0 Å². The number of benzene rings is 2. The molecule has 5 rings (SSSR count). The van der Waals surface area contributed by atoms with Crippen molar-refractivity contribution in [2.45, 2.75) is 82.9 Å². The summed E-state index contributed by atoms with van der Waals surface area (Å²) in [5.41, 5.74) is 13.9. The van der Waals surface area contributed by atoms with Gasteiger partial charge in [-0.3, -0.25) is 0 Å². The molecule has 192 valence electrons. The Hall–Kier alpha value is -0.125. The third kappa shape index (κ3) is 4.07. The molecular formula is C30H48HfSi5. The maximum absolute atomic E-state index is 3.51. The summed E-state index contributed by atoms with van der Waals surface area (Å²) in [4.78, 5) is 0. The number of hydrogen-bond donors (Lipinski definition) is 0. The zero-order chi connectivity index (χ0) is 26.3. The zero-order valence-electron chi connectivity index (χ0n) is 24.6. The van der Waals surface area contributed by atoms with Crippen molar-refractivity contribution in [2.24, 2.45) is 0 Å². The van der Waals surface area contributed by atoms with Gasteiger partial charge in [0.05, 0.1) is 0 Å². The van der Waals surface area contributed by atoms with E-state index >= 15 is 0 Å². The molecule has 0 nitrogen and oxygen atoms in total. The minimum atomic E-state index is -3.51. The fourth-order valence-electron chi connectivity index (χ4n) is 8.94. The quantitative estimate of drug-likeness (QED) is 0.378. The SMILES string of the molecule is CC1=Cc2c(cccc2C(C)(C)C)[CH]1[Hf]([CH3])([CH3])([CH]1C(C)=Cc2c1cccc2C(C)(C)C)=[Si]1[SiH2][SiH2][SiH2][SiH2]1. The van der Waals surface area contributed by atoms with Gasteiger partial charge in [-0.05, 0) is 0 Å². The number of rotatable bonds is 2. The first-order valence-electron chi connectivity index (χ1n) is 14.3. The van der Waals surface area contributed by atoms with Gasteiger partial charge in [-0.15, -0.1) is 0 Å². The second-order valence-corrected chi connectivity index (χ2v) is 115. The average Bonchev–Trinajstić information content (AvgIpc) is 3.48. The van der Waals surface area contributed by atoms with Crippen LogP contribution in [-0.2, 0) is 28.0 Å². The van der Waals surface area contributed by atoms with Crippen LogP contribution in [0.5, 0.6) is 0 Å². The van der Waals surface area contributed by atoms with Crippen LogP contribution in [0.15, 0.2) is 47.5 Å². The Labute approximate surface area is 230 Å². The van der Waals surface area contributed by atoms with E-state index in [-0.39, 0.29) is 15.4 Å². The van der Waals surface area contributed by atoms with E-state index in [1.165, 1.54) is 0 Å². The Kier molecular flexibility index (Phi) is 6.82. The first-order chi connectivity index (χ1) is 16.7. The normalized spacial score (nSPS) is 25.1. The molecule has 2 aliphatic carbocycles. The van der Waals surface area contributed by atoms with Crippen LogP contribution in [-0.4, -0.2) is 38.7 Å². The first kappa shape index (κ1) is 27.4. The van der Waals surface area contributed by atoms with Crippen molar-refractivity contribution >= 4 is 50.9 Å². The predicted octanol–water partition coefficient (Wildman–Crippen LogP) is 5.10. The van der Waals surface area contributed by atoms with Gasteiger partial charge in [0, 0.05) is 0 Å². The van der Waals surface area contributed by atoms with Crippen molar-refractivity contribution in [1.29, 1.82) is 0 Å². The summed E-state index contributed by atoms with van der Waals surface area (Å²) in [5, 5.41) is 0. The number of allylic oxidation sites excluding steroid dienone is 2. The molecule has 2 unspecified atom stereocenters. The molecule has 0 aromatic heterocycles. The molecule has 6 heteroatoms. The molecule has 1 fully saturated rings. The summed E-state index contributed by atoms with van der Waals surface area (Å²) in [7, 11) is 1.59. The molecule has 1 heterocycles. The summed E-state index contributed by atoms with van der Waals surface area (Å²) < 4.78 is 7.72. The van der Waals surface area contributed by atoms with Gasteiger partial charge in [0.1, 0.15) is 0 Å². The fraction of sp³-hybridized carbons (Fsp3) is 0.467. The van der Waals surface area contributed by atoms with Crippen molar-refractivity contribution in [3.8, 4) is 0 Å². The molecule has 1 saturated heterocycles. The van der Waals surface area contributed by atoms with Gasteiger partial charge in [0.2, 0.25) is 0 Å². The van der Waals surface area contributed by atoms with Gasteiger partial charge in [-0.25, -0.2) is 0 Å². The average molecular weight is 728 g/mol. The van der Waals surface area contributed by atoms with Crippen LogP contribution in [0.3, 0.4) is 0 Å². The Morgan fingerprint density at radius 1 is 0.667 bits per heavy atom. The van der Waals surface area contributed by atoms with Crippen LogP contribution in [0.4, 0.5) is 0 Å².